The zero-order chi connectivity index (χ0) is 11.9. The van der Waals surface area contributed by atoms with Crippen molar-refractivity contribution in [3.63, 3.8) is 0 Å². The molecule has 0 aliphatic heterocycles. The summed E-state index contributed by atoms with van der Waals surface area (Å²) in [7, 11) is 0. The monoisotopic (exact) mass is 296 g/mol. The van der Waals surface area contributed by atoms with Crippen LogP contribution in [0.4, 0.5) is 17.6 Å². The summed E-state index contributed by atoms with van der Waals surface area (Å²) < 4.78 is 51.2. The van der Waals surface area contributed by atoms with Gasteiger partial charge in [0.1, 0.15) is 28.3 Å². The Kier molecular flexibility index (Phi) is 2.65. The smallest absolute Gasteiger partial charge is 0.282 e. The van der Waals surface area contributed by atoms with E-state index in [1.165, 1.54) is 12.1 Å². The Morgan fingerprint density at radius 1 is 1.31 bits per heavy atom. The number of halogens is 5. The molecule has 2 aromatic rings. The number of nitrogens with zero attached hydrogens (tertiary/aromatic N) is 2. The van der Waals surface area contributed by atoms with Crippen molar-refractivity contribution in [3.05, 3.63) is 34.2 Å². The highest BCUT2D eigenvalue weighted by atomic mass is 79.9. The van der Waals surface area contributed by atoms with Crippen LogP contribution in [0, 0.1) is 0 Å². The van der Waals surface area contributed by atoms with Crippen molar-refractivity contribution in [1.29, 1.82) is 0 Å². The predicted molar refractivity (Wildman–Crippen MR) is 52.7 cm³/mol. The van der Waals surface area contributed by atoms with Crippen LogP contribution in [-0.2, 0) is 12.9 Å². The summed E-state index contributed by atoms with van der Waals surface area (Å²) in [6.45, 7) is -0.917. The number of pyridine rings is 1. The van der Waals surface area contributed by atoms with Gasteiger partial charge in [0.25, 0.3) is 0 Å². The Morgan fingerprint density at radius 3 is 2.56 bits per heavy atom. The summed E-state index contributed by atoms with van der Waals surface area (Å²) in [5.41, 5.74) is -0.866. The largest absolute Gasteiger partial charge is 0.431 e. The zero-order valence-electron chi connectivity index (χ0n) is 7.72. The third kappa shape index (κ3) is 1.68. The third-order valence-corrected chi connectivity index (χ3v) is 2.88. The van der Waals surface area contributed by atoms with Crippen LogP contribution in [-0.4, -0.2) is 9.38 Å². The topological polar surface area (TPSA) is 17.3 Å². The Labute approximate surface area is 96.0 Å². The summed E-state index contributed by atoms with van der Waals surface area (Å²) in [4.78, 5) is 3.75. The summed E-state index contributed by atoms with van der Waals surface area (Å²) >= 11 is 2.92. The number of fused-ring (bicyclic) bond motifs is 1. The lowest BCUT2D eigenvalue weighted by molar-refractivity contribution is -0.142. The lowest BCUT2D eigenvalue weighted by Gasteiger charge is -2.09. The summed E-state index contributed by atoms with van der Waals surface area (Å²) in [6.07, 6.45) is -4.50. The van der Waals surface area contributed by atoms with Crippen molar-refractivity contribution in [2.24, 2.45) is 0 Å². The average molecular weight is 297 g/mol. The first-order valence-electron chi connectivity index (χ1n) is 4.24. The van der Waals surface area contributed by atoms with Crippen LogP contribution in [0.2, 0.25) is 0 Å². The molecule has 0 amide bonds. The van der Waals surface area contributed by atoms with E-state index in [9.17, 15) is 17.6 Å². The van der Waals surface area contributed by atoms with Crippen molar-refractivity contribution in [1.82, 2.24) is 9.38 Å². The van der Waals surface area contributed by atoms with Gasteiger partial charge in [-0.3, -0.25) is 4.40 Å². The Balaban J connectivity index is 2.81. The second-order valence-corrected chi connectivity index (χ2v) is 3.84. The van der Waals surface area contributed by atoms with Gasteiger partial charge in [0.05, 0.1) is 0 Å². The minimum Gasteiger partial charge on any atom is -0.282 e. The molecule has 0 fully saturated rings. The quantitative estimate of drug-likeness (QED) is 0.735. The van der Waals surface area contributed by atoms with E-state index in [2.05, 4.69) is 20.9 Å². The van der Waals surface area contributed by atoms with Gasteiger partial charge in [0.2, 0.25) is 0 Å². The van der Waals surface area contributed by atoms with Gasteiger partial charge in [-0.05, 0) is 28.1 Å². The number of hydrogen-bond donors (Lipinski definition) is 0. The molecule has 2 nitrogen and oxygen atoms in total. The molecule has 0 aliphatic rings. The molecule has 0 spiro atoms. The van der Waals surface area contributed by atoms with Gasteiger partial charge in [-0.25, -0.2) is 9.37 Å². The van der Waals surface area contributed by atoms with E-state index in [-0.39, 0.29) is 15.9 Å². The van der Waals surface area contributed by atoms with Crippen molar-refractivity contribution in [2.75, 3.05) is 0 Å². The van der Waals surface area contributed by atoms with E-state index in [1.54, 1.807) is 0 Å². The van der Waals surface area contributed by atoms with Gasteiger partial charge in [0, 0.05) is 0 Å². The van der Waals surface area contributed by atoms with Gasteiger partial charge >= 0.3 is 6.18 Å². The molecular formula is C9H5BrF4N2. The van der Waals surface area contributed by atoms with E-state index in [0.717, 1.165) is 10.5 Å². The van der Waals surface area contributed by atoms with E-state index >= 15 is 0 Å². The first-order valence-corrected chi connectivity index (χ1v) is 5.03. The number of rotatable bonds is 1. The molecule has 0 saturated carbocycles. The van der Waals surface area contributed by atoms with E-state index in [0.29, 0.717) is 0 Å². The summed E-state index contributed by atoms with van der Waals surface area (Å²) in [5.74, 6) is 0. The number of aromatic nitrogens is 2. The first kappa shape index (κ1) is 11.4. The molecule has 16 heavy (non-hydrogen) atoms. The molecule has 0 aromatic carbocycles. The fourth-order valence-corrected chi connectivity index (χ4v) is 1.98. The maximum atomic E-state index is 12.6. The average Bonchev–Trinajstić information content (AvgIpc) is 2.54. The molecule has 0 aliphatic carbocycles. The van der Waals surface area contributed by atoms with Gasteiger partial charge in [-0.15, -0.1) is 0 Å². The zero-order valence-corrected chi connectivity index (χ0v) is 9.31. The van der Waals surface area contributed by atoms with Crippen LogP contribution in [0.3, 0.4) is 0 Å². The predicted octanol–water partition coefficient (Wildman–Crippen LogP) is 3.59. The van der Waals surface area contributed by atoms with Crippen LogP contribution < -0.4 is 0 Å². The fourth-order valence-electron chi connectivity index (χ4n) is 1.41. The van der Waals surface area contributed by atoms with Crippen molar-refractivity contribution < 1.29 is 17.6 Å². The number of imidazole rings is 1. The molecule has 0 unspecified atom stereocenters. The second kappa shape index (κ2) is 3.73. The van der Waals surface area contributed by atoms with Crippen LogP contribution in [0.25, 0.3) is 5.65 Å². The van der Waals surface area contributed by atoms with E-state index in [1.807, 2.05) is 0 Å². The number of hydrogen-bond acceptors (Lipinski definition) is 1. The second-order valence-electron chi connectivity index (χ2n) is 3.09. The summed E-state index contributed by atoms with van der Waals surface area (Å²) in [5, 5.41) is 0. The molecule has 7 heteroatoms. The molecule has 0 N–H and O–H groups in total. The van der Waals surface area contributed by atoms with Crippen molar-refractivity contribution >= 4 is 21.6 Å². The molecule has 86 valence electrons. The number of alkyl halides is 4. The van der Waals surface area contributed by atoms with Crippen LogP contribution in [0.5, 0.6) is 0 Å². The third-order valence-electron chi connectivity index (χ3n) is 2.07. The fraction of sp³-hybridized carbons (Fsp3) is 0.222. The normalized spacial score (nSPS) is 12.3. The lowest BCUT2D eigenvalue weighted by atomic mass is 10.3. The highest BCUT2D eigenvalue weighted by Crippen LogP contribution is 2.32. The Hall–Kier alpha value is -1.11. The molecule has 2 aromatic heterocycles. The summed E-state index contributed by atoms with van der Waals surface area (Å²) in [6, 6.07) is 3.54. The Bertz CT molecular complexity index is 532. The molecule has 0 radical (unpaired) electrons. The van der Waals surface area contributed by atoms with E-state index < -0.39 is 18.5 Å². The first-order chi connectivity index (χ1) is 7.45. The van der Waals surface area contributed by atoms with Crippen molar-refractivity contribution in [3.8, 4) is 0 Å². The lowest BCUT2D eigenvalue weighted by Crippen LogP contribution is -2.11. The van der Waals surface area contributed by atoms with Gasteiger partial charge in [0.15, 0.2) is 0 Å². The SMILES string of the molecule is FCc1nc2cccc(C(F)(F)F)n2c1Br. The molecule has 0 bridgehead atoms. The van der Waals surface area contributed by atoms with Crippen LogP contribution in [0.1, 0.15) is 11.4 Å². The molecule has 2 heterocycles. The van der Waals surface area contributed by atoms with E-state index in [4.69, 9.17) is 0 Å². The molecule has 2 rings (SSSR count). The van der Waals surface area contributed by atoms with Crippen molar-refractivity contribution in [2.45, 2.75) is 12.9 Å². The van der Waals surface area contributed by atoms with Gasteiger partial charge in [-0.1, -0.05) is 6.07 Å². The standard InChI is InChI=1S/C9H5BrF4N2/c10-8-5(4-11)15-7-3-1-2-6(16(7)8)9(12,13)14/h1-3H,4H2. The minimum atomic E-state index is -4.50. The minimum absolute atomic E-state index is 0.00192. The van der Waals surface area contributed by atoms with Gasteiger partial charge < -0.3 is 0 Å². The Morgan fingerprint density at radius 2 is 2.00 bits per heavy atom. The highest BCUT2D eigenvalue weighted by molar-refractivity contribution is 9.10. The molecule has 0 atom stereocenters. The maximum Gasteiger partial charge on any atom is 0.431 e. The molecule has 0 saturated heterocycles. The highest BCUT2D eigenvalue weighted by Gasteiger charge is 2.34. The maximum absolute atomic E-state index is 12.6. The van der Waals surface area contributed by atoms with Crippen LogP contribution in [0.15, 0.2) is 22.8 Å². The van der Waals surface area contributed by atoms with Gasteiger partial charge in [-0.2, -0.15) is 13.2 Å². The molecular weight excluding hydrogens is 292 g/mol. The van der Waals surface area contributed by atoms with Crippen LogP contribution >= 0.6 is 15.9 Å².